The molecule has 0 aliphatic rings. The van der Waals surface area contributed by atoms with Crippen LogP contribution in [0.3, 0.4) is 0 Å². The van der Waals surface area contributed by atoms with Crippen LogP contribution in [0.25, 0.3) is 0 Å². The molecular formula is C16H21N3O7. The molecule has 142 valence electrons. The van der Waals surface area contributed by atoms with Crippen LogP contribution in [0.1, 0.15) is 33.2 Å². The zero-order chi connectivity index (χ0) is 20.1. The topological polar surface area (TPSA) is 130 Å². The molecule has 0 aliphatic heterocycles. The summed E-state index contributed by atoms with van der Waals surface area (Å²) in [5.74, 6) is -0.755. The minimum absolute atomic E-state index is 0.0303. The van der Waals surface area contributed by atoms with Gasteiger partial charge in [-0.3, -0.25) is 24.8 Å². The average molecular weight is 367 g/mol. The Kier molecular flexibility index (Phi) is 6.64. The fourth-order valence-electron chi connectivity index (χ4n) is 2.09. The van der Waals surface area contributed by atoms with Crippen LogP contribution in [0.4, 0.5) is 16.2 Å². The van der Waals surface area contributed by atoms with Crippen LogP contribution < -0.4 is 10.9 Å². The summed E-state index contributed by atoms with van der Waals surface area (Å²) >= 11 is 0. The normalized spacial score (nSPS) is 12.0. The van der Waals surface area contributed by atoms with Gasteiger partial charge in [0, 0.05) is 6.20 Å². The Morgan fingerprint density at radius 2 is 2.08 bits per heavy atom. The van der Waals surface area contributed by atoms with Crippen LogP contribution in [0.5, 0.6) is 0 Å². The summed E-state index contributed by atoms with van der Waals surface area (Å²) in [5, 5.41) is 13.5. The second-order valence-electron chi connectivity index (χ2n) is 6.24. The van der Waals surface area contributed by atoms with Gasteiger partial charge in [0.05, 0.1) is 12.0 Å². The van der Waals surface area contributed by atoms with E-state index in [2.05, 4.69) is 16.6 Å². The van der Waals surface area contributed by atoms with Gasteiger partial charge >= 0.3 is 23.3 Å². The van der Waals surface area contributed by atoms with Crippen LogP contribution in [-0.4, -0.2) is 34.3 Å². The zero-order valence-electron chi connectivity index (χ0n) is 15.0. The molecule has 0 fully saturated rings. The molecule has 1 heterocycles. The quantitative estimate of drug-likeness (QED) is 0.353. The molecule has 0 bridgehead atoms. The number of aromatic nitrogens is 1. The van der Waals surface area contributed by atoms with E-state index in [1.165, 1.54) is 6.08 Å². The summed E-state index contributed by atoms with van der Waals surface area (Å²) in [5.41, 5.74) is -3.13. The predicted octanol–water partition coefficient (Wildman–Crippen LogP) is 2.39. The second-order valence-corrected chi connectivity index (χ2v) is 6.24. The van der Waals surface area contributed by atoms with Crippen molar-refractivity contribution in [2.75, 3.05) is 12.4 Å². The number of esters is 1. The van der Waals surface area contributed by atoms with Crippen LogP contribution in [-0.2, 0) is 14.3 Å². The third kappa shape index (κ3) is 5.16. The number of allylic oxidation sites excluding steroid dienone is 1. The Bertz CT molecular complexity index is 777. The first kappa shape index (κ1) is 20.9. The molecule has 1 rings (SSSR count). The summed E-state index contributed by atoms with van der Waals surface area (Å²) in [6.07, 6.45) is 1.62. The number of nitro groups is 1. The predicted molar refractivity (Wildman–Crippen MR) is 93.1 cm³/mol. The van der Waals surface area contributed by atoms with Crippen molar-refractivity contribution in [3.05, 3.63) is 45.4 Å². The van der Waals surface area contributed by atoms with Gasteiger partial charge in [0.2, 0.25) is 0 Å². The molecule has 0 aliphatic carbocycles. The first-order chi connectivity index (χ1) is 12.0. The van der Waals surface area contributed by atoms with Crippen molar-refractivity contribution in [2.24, 2.45) is 0 Å². The third-order valence-corrected chi connectivity index (χ3v) is 3.11. The molecule has 0 aromatic carbocycles. The van der Waals surface area contributed by atoms with Gasteiger partial charge in [-0.2, -0.15) is 0 Å². The minimum Gasteiger partial charge on any atom is -0.467 e. The highest BCUT2D eigenvalue weighted by atomic mass is 16.6. The van der Waals surface area contributed by atoms with E-state index in [4.69, 9.17) is 4.74 Å². The van der Waals surface area contributed by atoms with Crippen molar-refractivity contribution >= 4 is 23.4 Å². The summed E-state index contributed by atoms with van der Waals surface area (Å²) in [7, 11) is 1.14. The van der Waals surface area contributed by atoms with Gasteiger partial charge < -0.3 is 9.47 Å². The molecule has 10 heteroatoms. The number of methoxy groups -OCH3 is 1. The molecule has 1 aromatic heterocycles. The fourth-order valence-corrected chi connectivity index (χ4v) is 2.09. The highest BCUT2D eigenvalue weighted by Crippen LogP contribution is 2.23. The maximum Gasteiger partial charge on any atom is 0.412 e. The van der Waals surface area contributed by atoms with E-state index in [9.17, 15) is 24.5 Å². The summed E-state index contributed by atoms with van der Waals surface area (Å²) in [4.78, 5) is 46.6. The molecule has 0 unspecified atom stereocenters. The molecule has 1 N–H and O–H groups in total. The third-order valence-electron chi connectivity index (χ3n) is 3.11. The van der Waals surface area contributed by atoms with Crippen LogP contribution in [0, 0.1) is 10.1 Å². The first-order valence-corrected chi connectivity index (χ1v) is 7.60. The number of carbonyl (C=O) groups excluding carboxylic acids is 2. The van der Waals surface area contributed by atoms with Gasteiger partial charge in [0.15, 0.2) is 0 Å². The smallest absolute Gasteiger partial charge is 0.412 e. The van der Waals surface area contributed by atoms with Gasteiger partial charge in [0.25, 0.3) is 0 Å². The van der Waals surface area contributed by atoms with Crippen molar-refractivity contribution in [2.45, 2.75) is 38.8 Å². The number of carbonyl (C=O) groups is 2. The van der Waals surface area contributed by atoms with E-state index in [-0.39, 0.29) is 12.1 Å². The number of nitrogens with zero attached hydrogens (tertiary/aromatic N) is 2. The van der Waals surface area contributed by atoms with Crippen molar-refractivity contribution in [3.8, 4) is 0 Å². The van der Waals surface area contributed by atoms with Crippen LogP contribution in [0.15, 0.2) is 29.7 Å². The summed E-state index contributed by atoms with van der Waals surface area (Å²) < 4.78 is 10.5. The molecule has 0 spiro atoms. The maximum atomic E-state index is 12.5. The number of pyridine rings is 1. The lowest BCUT2D eigenvalue weighted by molar-refractivity contribution is -0.385. The van der Waals surface area contributed by atoms with E-state index in [1.807, 2.05) is 0 Å². The van der Waals surface area contributed by atoms with Crippen molar-refractivity contribution in [3.63, 3.8) is 0 Å². The molecule has 0 saturated carbocycles. The van der Waals surface area contributed by atoms with Gasteiger partial charge in [-0.1, -0.05) is 6.08 Å². The SMILES string of the molecule is C=CC[C@@H](C(=O)OC)n1ccc(NC(=O)OC(C)(C)C)c([N+](=O)[O-])c1=O. The average Bonchev–Trinajstić information content (AvgIpc) is 2.50. The Morgan fingerprint density at radius 1 is 1.46 bits per heavy atom. The summed E-state index contributed by atoms with van der Waals surface area (Å²) in [6, 6.07) is 0.0296. The highest BCUT2D eigenvalue weighted by Gasteiger charge is 2.29. The monoisotopic (exact) mass is 367 g/mol. The number of amides is 1. The maximum absolute atomic E-state index is 12.5. The number of hydrogen-bond donors (Lipinski definition) is 1. The minimum atomic E-state index is -1.11. The first-order valence-electron chi connectivity index (χ1n) is 7.60. The highest BCUT2D eigenvalue weighted by molar-refractivity contribution is 5.87. The van der Waals surface area contributed by atoms with E-state index in [0.717, 1.165) is 23.9 Å². The number of anilines is 1. The molecule has 0 radical (unpaired) electrons. The lowest BCUT2D eigenvalue weighted by Gasteiger charge is -2.20. The van der Waals surface area contributed by atoms with Crippen LogP contribution >= 0.6 is 0 Å². The van der Waals surface area contributed by atoms with Crippen LogP contribution in [0.2, 0.25) is 0 Å². The van der Waals surface area contributed by atoms with Gasteiger partial charge in [-0.05, 0) is 33.3 Å². The number of ether oxygens (including phenoxy) is 2. The molecule has 1 amide bonds. The van der Waals surface area contributed by atoms with E-state index in [0.29, 0.717) is 0 Å². The van der Waals surface area contributed by atoms with Crippen molar-refractivity contribution < 1.29 is 24.0 Å². The Morgan fingerprint density at radius 3 is 2.54 bits per heavy atom. The molecule has 1 atom stereocenters. The summed E-state index contributed by atoms with van der Waals surface area (Å²) in [6.45, 7) is 8.35. The zero-order valence-corrected chi connectivity index (χ0v) is 15.0. The fraction of sp³-hybridized carbons (Fsp3) is 0.438. The van der Waals surface area contributed by atoms with Gasteiger partial charge in [-0.25, -0.2) is 9.59 Å². The molecule has 1 aromatic rings. The number of rotatable bonds is 6. The number of hydrogen-bond acceptors (Lipinski definition) is 7. The Hall–Kier alpha value is -3.17. The largest absolute Gasteiger partial charge is 0.467 e. The molecule has 0 saturated heterocycles. The van der Waals surface area contributed by atoms with E-state index < -0.39 is 39.9 Å². The van der Waals surface area contributed by atoms with Gasteiger partial charge in [-0.15, -0.1) is 6.58 Å². The van der Waals surface area contributed by atoms with Crippen molar-refractivity contribution in [1.29, 1.82) is 0 Å². The van der Waals surface area contributed by atoms with Gasteiger partial charge in [0.1, 0.15) is 17.3 Å². The molecule has 26 heavy (non-hydrogen) atoms. The van der Waals surface area contributed by atoms with E-state index in [1.54, 1.807) is 20.8 Å². The Labute approximate surface area is 149 Å². The Balaban J connectivity index is 3.37. The van der Waals surface area contributed by atoms with E-state index >= 15 is 0 Å². The lowest BCUT2D eigenvalue weighted by Crippen LogP contribution is -2.33. The number of nitrogens with one attached hydrogen (secondary N) is 1. The van der Waals surface area contributed by atoms with Crippen molar-refractivity contribution in [1.82, 2.24) is 4.57 Å². The molecular weight excluding hydrogens is 346 g/mol. The second kappa shape index (κ2) is 8.28. The standard InChI is InChI=1S/C16H21N3O7/c1-6-7-11(14(21)25-5)18-9-8-10(12(13(18)20)19(23)24)17-15(22)26-16(2,3)4/h6,8-9,11H,1,7H2,2-5H3,(H,17,22)/t11-/m0/s1. The molecule has 10 nitrogen and oxygen atoms in total. The lowest BCUT2D eigenvalue weighted by atomic mass is 10.2.